The van der Waals surface area contributed by atoms with Gasteiger partial charge in [-0.3, -0.25) is 4.79 Å². The van der Waals surface area contributed by atoms with Gasteiger partial charge in [0.1, 0.15) is 0 Å². The van der Waals surface area contributed by atoms with Gasteiger partial charge in [0.05, 0.1) is 6.61 Å². The number of hydrogen-bond donors (Lipinski definition) is 1. The van der Waals surface area contributed by atoms with E-state index in [1.54, 1.807) is 31.2 Å². The number of hydrogen-bond acceptors (Lipinski definition) is 3. The number of carboxylic acids is 1. The molecule has 5 heteroatoms. The Kier molecular flexibility index (Phi) is 5.73. The van der Waals surface area contributed by atoms with E-state index in [1.807, 2.05) is 0 Å². The van der Waals surface area contributed by atoms with Crippen LogP contribution in [0.25, 0.3) is 6.08 Å². The number of carboxylic acid groups (broad SMARTS) is 1. The standard InChI is InChI=1S/C14H15FO4/c1-2-19-14(18)12(15)9-11-5-3-10(4-6-11)7-8-13(16)17/h3-6,9H,2,7-8H2,1H3,(H,16,17)/b12-9-. The van der Waals surface area contributed by atoms with Gasteiger partial charge in [0.25, 0.3) is 0 Å². The van der Waals surface area contributed by atoms with Crippen molar-refractivity contribution in [1.29, 1.82) is 0 Å². The van der Waals surface area contributed by atoms with Crippen molar-refractivity contribution in [2.45, 2.75) is 19.8 Å². The van der Waals surface area contributed by atoms with E-state index in [2.05, 4.69) is 4.74 Å². The maximum absolute atomic E-state index is 13.3. The number of rotatable bonds is 6. The summed E-state index contributed by atoms with van der Waals surface area (Å²) in [6.45, 7) is 1.72. The van der Waals surface area contributed by atoms with Gasteiger partial charge in [0.2, 0.25) is 5.83 Å². The minimum absolute atomic E-state index is 0.0480. The molecule has 0 spiro atoms. The van der Waals surface area contributed by atoms with Gasteiger partial charge in [-0.05, 0) is 30.5 Å². The van der Waals surface area contributed by atoms with E-state index in [4.69, 9.17) is 5.11 Å². The average molecular weight is 266 g/mol. The second-order valence-corrected chi connectivity index (χ2v) is 3.85. The molecule has 1 aromatic rings. The molecular formula is C14H15FO4. The Morgan fingerprint density at radius 1 is 1.32 bits per heavy atom. The molecule has 4 nitrogen and oxygen atoms in total. The van der Waals surface area contributed by atoms with E-state index in [-0.39, 0.29) is 13.0 Å². The SMILES string of the molecule is CCOC(=O)/C(F)=C/c1ccc(CCC(=O)O)cc1. The lowest BCUT2D eigenvalue weighted by molar-refractivity contribution is -0.140. The highest BCUT2D eigenvalue weighted by Crippen LogP contribution is 2.12. The Hall–Kier alpha value is -2.17. The third-order valence-electron chi connectivity index (χ3n) is 2.37. The quantitative estimate of drug-likeness (QED) is 0.635. The maximum Gasteiger partial charge on any atom is 0.367 e. The summed E-state index contributed by atoms with van der Waals surface area (Å²) < 4.78 is 17.8. The molecule has 0 unspecified atom stereocenters. The fourth-order valence-electron chi connectivity index (χ4n) is 1.44. The van der Waals surface area contributed by atoms with E-state index >= 15 is 0 Å². The lowest BCUT2D eigenvalue weighted by Crippen LogP contribution is -2.03. The van der Waals surface area contributed by atoms with Crippen molar-refractivity contribution in [2.75, 3.05) is 6.61 Å². The van der Waals surface area contributed by atoms with Gasteiger partial charge in [0.15, 0.2) is 0 Å². The zero-order valence-electron chi connectivity index (χ0n) is 10.6. The third-order valence-corrected chi connectivity index (χ3v) is 2.37. The molecule has 0 heterocycles. The molecule has 1 N–H and O–H groups in total. The molecule has 1 rings (SSSR count). The lowest BCUT2D eigenvalue weighted by atomic mass is 10.1. The predicted molar refractivity (Wildman–Crippen MR) is 68.1 cm³/mol. The molecule has 102 valence electrons. The predicted octanol–water partition coefficient (Wildman–Crippen LogP) is 2.58. The second-order valence-electron chi connectivity index (χ2n) is 3.85. The van der Waals surface area contributed by atoms with Gasteiger partial charge in [-0.25, -0.2) is 4.79 Å². The van der Waals surface area contributed by atoms with Crippen molar-refractivity contribution in [3.05, 3.63) is 41.2 Å². The zero-order chi connectivity index (χ0) is 14.3. The van der Waals surface area contributed by atoms with Crippen molar-refractivity contribution in [3.8, 4) is 0 Å². The molecule has 0 aliphatic carbocycles. The number of carbonyl (C=O) groups excluding carboxylic acids is 1. The molecule has 0 aliphatic rings. The van der Waals surface area contributed by atoms with Crippen molar-refractivity contribution in [1.82, 2.24) is 0 Å². The molecule has 0 amide bonds. The molecule has 0 bridgehead atoms. The highest BCUT2D eigenvalue weighted by Gasteiger charge is 2.09. The normalized spacial score (nSPS) is 11.2. The summed E-state index contributed by atoms with van der Waals surface area (Å²) in [7, 11) is 0. The van der Waals surface area contributed by atoms with E-state index in [0.29, 0.717) is 12.0 Å². The van der Waals surface area contributed by atoms with E-state index in [1.165, 1.54) is 0 Å². The number of ether oxygens (including phenoxy) is 1. The van der Waals surface area contributed by atoms with Gasteiger partial charge >= 0.3 is 11.9 Å². The van der Waals surface area contributed by atoms with Crippen LogP contribution in [0.3, 0.4) is 0 Å². The highest BCUT2D eigenvalue weighted by atomic mass is 19.1. The average Bonchev–Trinajstić information content (AvgIpc) is 2.38. The molecule has 0 saturated carbocycles. The molecule has 19 heavy (non-hydrogen) atoms. The van der Waals surface area contributed by atoms with Crippen molar-refractivity contribution in [3.63, 3.8) is 0 Å². The summed E-state index contributed by atoms with van der Waals surface area (Å²) in [4.78, 5) is 21.5. The first-order valence-corrected chi connectivity index (χ1v) is 5.88. The van der Waals surface area contributed by atoms with Crippen molar-refractivity contribution >= 4 is 18.0 Å². The summed E-state index contributed by atoms with van der Waals surface area (Å²) in [5, 5.41) is 8.55. The number of halogens is 1. The molecule has 1 aromatic carbocycles. The first-order valence-electron chi connectivity index (χ1n) is 5.88. The molecular weight excluding hydrogens is 251 g/mol. The molecule has 0 atom stereocenters. The zero-order valence-corrected chi connectivity index (χ0v) is 10.6. The number of aryl methyl sites for hydroxylation is 1. The molecule has 0 aliphatic heterocycles. The number of carbonyl (C=O) groups is 2. The summed E-state index contributed by atoms with van der Waals surface area (Å²) >= 11 is 0. The molecule has 0 saturated heterocycles. The van der Waals surface area contributed by atoms with Gasteiger partial charge in [-0.1, -0.05) is 24.3 Å². The van der Waals surface area contributed by atoms with Crippen LogP contribution in [0.4, 0.5) is 4.39 Å². The highest BCUT2D eigenvalue weighted by molar-refractivity contribution is 5.91. The van der Waals surface area contributed by atoms with Crippen LogP contribution in [0.5, 0.6) is 0 Å². The number of benzene rings is 1. The van der Waals surface area contributed by atoms with Gasteiger partial charge in [-0.2, -0.15) is 4.39 Å². The first kappa shape index (κ1) is 14.9. The second kappa shape index (κ2) is 7.31. The van der Waals surface area contributed by atoms with Crippen LogP contribution in [-0.2, 0) is 20.7 Å². The van der Waals surface area contributed by atoms with Gasteiger partial charge < -0.3 is 9.84 Å². The third kappa shape index (κ3) is 5.33. The molecule has 0 radical (unpaired) electrons. The van der Waals surface area contributed by atoms with Crippen LogP contribution in [0.15, 0.2) is 30.1 Å². The Morgan fingerprint density at radius 3 is 2.47 bits per heavy atom. The van der Waals surface area contributed by atoms with Crippen LogP contribution < -0.4 is 0 Å². The van der Waals surface area contributed by atoms with E-state index in [9.17, 15) is 14.0 Å². The number of aliphatic carboxylic acids is 1. The van der Waals surface area contributed by atoms with Crippen LogP contribution in [0.1, 0.15) is 24.5 Å². The number of esters is 1. The first-order chi connectivity index (χ1) is 9.02. The largest absolute Gasteiger partial charge is 0.481 e. The Labute approximate surface area is 110 Å². The summed E-state index contributed by atoms with van der Waals surface area (Å²) in [6, 6.07) is 6.65. The van der Waals surface area contributed by atoms with Gasteiger partial charge in [-0.15, -0.1) is 0 Å². The summed E-state index contributed by atoms with van der Waals surface area (Å²) in [6.07, 6.45) is 1.55. The topological polar surface area (TPSA) is 63.6 Å². The monoisotopic (exact) mass is 266 g/mol. The molecule has 0 aromatic heterocycles. The van der Waals surface area contributed by atoms with Crippen LogP contribution in [0.2, 0.25) is 0 Å². The summed E-state index contributed by atoms with van der Waals surface area (Å²) in [5.74, 6) is -2.81. The van der Waals surface area contributed by atoms with Gasteiger partial charge in [0, 0.05) is 6.42 Å². The fourth-order valence-corrected chi connectivity index (χ4v) is 1.44. The minimum atomic E-state index is -0.988. The minimum Gasteiger partial charge on any atom is -0.481 e. The smallest absolute Gasteiger partial charge is 0.367 e. The lowest BCUT2D eigenvalue weighted by Gasteiger charge is -2.01. The van der Waals surface area contributed by atoms with E-state index < -0.39 is 17.8 Å². The van der Waals surface area contributed by atoms with Crippen LogP contribution in [-0.4, -0.2) is 23.7 Å². The van der Waals surface area contributed by atoms with Crippen LogP contribution in [0, 0.1) is 0 Å². The van der Waals surface area contributed by atoms with Crippen LogP contribution >= 0.6 is 0 Å². The Bertz CT molecular complexity index is 477. The van der Waals surface area contributed by atoms with E-state index in [0.717, 1.165) is 11.6 Å². The fraction of sp³-hybridized carbons (Fsp3) is 0.286. The summed E-state index contributed by atoms with van der Waals surface area (Å²) in [5.41, 5.74) is 1.36. The van der Waals surface area contributed by atoms with Crippen molar-refractivity contribution < 1.29 is 23.8 Å². The Balaban J connectivity index is 2.68. The van der Waals surface area contributed by atoms with Crippen molar-refractivity contribution in [2.24, 2.45) is 0 Å². The Morgan fingerprint density at radius 2 is 1.95 bits per heavy atom. The maximum atomic E-state index is 13.3. The molecule has 0 fully saturated rings.